The van der Waals surface area contributed by atoms with Crippen LogP contribution < -0.4 is 0 Å². The first-order valence-corrected chi connectivity index (χ1v) is 4.81. The van der Waals surface area contributed by atoms with E-state index in [1.165, 1.54) is 12.4 Å². The molecule has 0 fully saturated rings. The van der Waals surface area contributed by atoms with Crippen LogP contribution in [0, 0.1) is 5.82 Å². The molecule has 2 rings (SSSR count). The van der Waals surface area contributed by atoms with Crippen molar-refractivity contribution in [3.63, 3.8) is 0 Å². The molecule has 3 nitrogen and oxygen atoms in total. The molecule has 0 saturated heterocycles. The first-order chi connectivity index (χ1) is 6.75. The Balaban J connectivity index is 2.22. The zero-order valence-electron chi connectivity index (χ0n) is 7.19. The highest BCUT2D eigenvalue weighted by molar-refractivity contribution is 9.10. The minimum Gasteiger partial charge on any atom is -0.249 e. The minimum absolute atomic E-state index is 0.261. The molecule has 1 aromatic heterocycles. The molecule has 0 spiro atoms. The minimum atomic E-state index is -0.261. The van der Waals surface area contributed by atoms with Gasteiger partial charge in [-0.2, -0.15) is 5.10 Å². The Morgan fingerprint density at radius 3 is 2.93 bits per heavy atom. The second-order valence-electron chi connectivity index (χ2n) is 2.84. The molecule has 0 saturated carbocycles. The zero-order valence-corrected chi connectivity index (χ0v) is 8.78. The van der Waals surface area contributed by atoms with Crippen molar-refractivity contribution in [1.29, 1.82) is 0 Å². The second-order valence-corrected chi connectivity index (χ2v) is 3.70. The molecule has 0 radical (unpaired) electrons. The van der Waals surface area contributed by atoms with Gasteiger partial charge in [-0.1, -0.05) is 6.07 Å². The maximum Gasteiger partial charge on any atom is 0.137 e. The average molecular weight is 256 g/mol. The molecule has 0 aliphatic heterocycles. The van der Waals surface area contributed by atoms with Crippen molar-refractivity contribution in [2.24, 2.45) is 0 Å². The topological polar surface area (TPSA) is 30.7 Å². The van der Waals surface area contributed by atoms with Crippen LogP contribution in [0.1, 0.15) is 5.56 Å². The van der Waals surface area contributed by atoms with E-state index >= 15 is 0 Å². The predicted molar refractivity (Wildman–Crippen MR) is 53.2 cm³/mol. The summed E-state index contributed by atoms with van der Waals surface area (Å²) in [4.78, 5) is 3.81. The highest BCUT2D eigenvalue weighted by atomic mass is 79.9. The van der Waals surface area contributed by atoms with Crippen LogP contribution in [0.25, 0.3) is 0 Å². The summed E-state index contributed by atoms with van der Waals surface area (Å²) in [5.41, 5.74) is 0.858. The van der Waals surface area contributed by atoms with E-state index in [9.17, 15) is 4.39 Å². The van der Waals surface area contributed by atoms with E-state index in [4.69, 9.17) is 0 Å². The van der Waals surface area contributed by atoms with Crippen LogP contribution >= 0.6 is 15.9 Å². The number of rotatable bonds is 2. The number of aromatic nitrogens is 3. The van der Waals surface area contributed by atoms with Gasteiger partial charge in [-0.15, -0.1) is 0 Å². The molecule has 0 aliphatic rings. The maximum absolute atomic E-state index is 13.1. The lowest BCUT2D eigenvalue weighted by molar-refractivity contribution is 0.613. The number of hydrogen-bond acceptors (Lipinski definition) is 2. The van der Waals surface area contributed by atoms with Crippen LogP contribution in [0.4, 0.5) is 4.39 Å². The van der Waals surface area contributed by atoms with E-state index in [1.807, 2.05) is 6.07 Å². The quantitative estimate of drug-likeness (QED) is 0.824. The molecule has 14 heavy (non-hydrogen) atoms. The maximum atomic E-state index is 13.1. The van der Waals surface area contributed by atoms with E-state index in [0.717, 1.165) is 5.56 Å². The zero-order chi connectivity index (χ0) is 9.97. The van der Waals surface area contributed by atoms with Gasteiger partial charge in [0.05, 0.1) is 11.0 Å². The first-order valence-electron chi connectivity index (χ1n) is 4.02. The molecule has 0 amide bonds. The molecule has 1 aromatic carbocycles. The molecular formula is C9H7BrFN3. The lowest BCUT2D eigenvalue weighted by atomic mass is 10.2. The number of benzene rings is 1. The van der Waals surface area contributed by atoms with E-state index < -0.39 is 0 Å². The van der Waals surface area contributed by atoms with Crippen LogP contribution in [0.5, 0.6) is 0 Å². The van der Waals surface area contributed by atoms with Crippen molar-refractivity contribution in [1.82, 2.24) is 14.8 Å². The van der Waals surface area contributed by atoms with Gasteiger partial charge in [0.2, 0.25) is 0 Å². The van der Waals surface area contributed by atoms with Gasteiger partial charge in [-0.25, -0.2) is 14.1 Å². The Hall–Kier alpha value is -1.23. The van der Waals surface area contributed by atoms with Gasteiger partial charge in [0, 0.05) is 0 Å². The fourth-order valence-corrected chi connectivity index (χ4v) is 1.39. The summed E-state index contributed by atoms with van der Waals surface area (Å²) in [5, 5.41) is 3.94. The van der Waals surface area contributed by atoms with Gasteiger partial charge in [-0.05, 0) is 33.6 Å². The van der Waals surface area contributed by atoms with Gasteiger partial charge in [0.1, 0.15) is 18.5 Å². The van der Waals surface area contributed by atoms with Crippen molar-refractivity contribution < 1.29 is 4.39 Å². The largest absolute Gasteiger partial charge is 0.249 e. The monoisotopic (exact) mass is 255 g/mol. The third-order valence-corrected chi connectivity index (χ3v) is 2.44. The van der Waals surface area contributed by atoms with Crippen molar-refractivity contribution in [2.75, 3.05) is 0 Å². The summed E-state index contributed by atoms with van der Waals surface area (Å²) < 4.78 is 15.2. The summed E-state index contributed by atoms with van der Waals surface area (Å²) in [6.07, 6.45) is 3.05. The van der Waals surface area contributed by atoms with Gasteiger partial charge in [0.15, 0.2) is 0 Å². The Morgan fingerprint density at radius 2 is 2.29 bits per heavy atom. The van der Waals surface area contributed by atoms with Crippen molar-refractivity contribution in [2.45, 2.75) is 6.54 Å². The average Bonchev–Trinajstić information content (AvgIpc) is 2.64. The van der Waals surface area contributed by atoms with Gasteiger partial charge >= 0.3 is 0 Å². The molecule has 0 bridgehead atoms. The predicted octanol–water partition coefficient (Wildman–Crippen LogP) is 2.23. The van der Waals surface area contributed by atoms with E-state index in [-0.39, 0.29) is 5.82 Å². The fourth-order valence-electron chi connectivity index (χ4n) is 1.14. The molecule has 72 valence electrons. The van der Waals surface area contributed by atoms with Gasteiger partial charge in [-0.3, -0.25) is 0 Å². The molecule has 2 aromatic rings. The standard InChI is InChI=1S/C9H7BrFN3/c10-8-2-1-7(3-9(8)11)4-14-6-12-5-13-14/h1-3,5-6H,4H2. The van der Waals surface area contributed by atoms with Crippen molar-refractivity contribution >= 4 is 15.9 Å². The molecule has 0 atom stereocenters. The van der Waals surface area contributed by atoms with E-state index in [1.54, 1.807) is 17.1 Å². The molecule has 0 aliphatic carbocycles. The third-order valence-electron chi connectivity index (χ3n) is 1.80. The molecule has 0 unspecified atom stereocenters. The smallest absolute Gasteiger partial charge is 0.137 e. The summed E-state index contributed by atoms with van der Waals surface area (Å²) in [6, 6.07) is 5.00. The first kappa shape index (κ1) is 9.33. The van der Waals surface area contributed by atoms with Gasteiger partial charge in [0.25, 0.3) is 0 Å². The van der Waals surface area contributed by atoms with Crippen LogP contribution in [0.3, 0.4) is 0 Å². The third kappa shape index (κ3) is 1.98. The highest BCUT2D eigenvalue weighted by Gasteiger charge is 2.01. The summed E-state index contributed by atoms with van der Waals surface area (Å²) in [7, 11) is 0. The van der Waals surface area contributed by atoms with E-state index in [2.05, 4.69) is 26.0 Å². The summed E-state index contributed by atoms with van der Waals surface area (Å²) in [5.74, 6) is -0.261. The van der Waals surface area contributed by atoms with Crippen LogP contribution in [0.15, 0.2) is 35.3 Å². The van der Waals surface area contributed by atoms with E-state index in [0.29, 0.717) is 11.0 Å². The highest BCUT2D eigenvalue weighted by Crippen LogP contribution is 2.16. The van der Waals surface area contributed by atoms with Crippen molar-refractivity contribution in [3.8, 4) is 0 Å². The Bertz CT molecular complexity index is 428. The lowest BCUT2D eigenvalue weighted by Gasteiger charge is -2.01. The number of hydrogen-bond donors (Lipinski definition) is 0. The second kappa shape index (κ2) is 3.88. The summed E-state index contributed by atoms with van der Waals surface area (Å²) in [6.45, 7) is 0.532. The Morgan fingerprint density at radius 1 is 1.43 bits per heavy atom. The number of nitrogens with zero attached hydrogens (tertiary/aromatic N) is 3. The van der Waals surface area contributed by atoms with Crippen molar-refractivity contribution in [3.05, 3.63) is 46.7 Å². The fraction of sp³-hybridized carbons (Fsp3) is 0.111. The molecule has 1 heterocycles. The van der Waals surface area contributed by atoms with Crippen LogP contribution in [-0.2, 0) is 6.54 Å². The molecule has 0 N–H and O–H groups in total. The Labute approximate surface area is 88.7 Å². The normalized spacial score (nSPS) is 10.4. The molecular weight excluding hydrogens is 249 g/mol. The van der Waals surface area contributed by atoms with Crippen LogP contribution in [-0.4, -0.2) is 14.8 Å². The SMILES string of the molecule is Fc1cc(Cn2cncn2)ccc1Br. The Kier molecular flexibility index (Phi) is 2.58. The lowest BCUT2D eigenvalue weighted by Crippen LogP contribution is -2.00. The summed E-state index contributed by atoms with van der Waals surface area (Å²) >= 11 is 3.10. The molecule has 5 heteroatoms. The number of halogens is 2. The van der Waals surface area contributed by atoms with Gasteiger partial charge < -0.3 is 0 Å². The van der Waals surface area contributed by atoms with Crippen LogP contribution in [0.2, 0.25) is 0 Å².